The number of piperidine rings is 1. The van der Waals surface area contributed by atoms with Crippen molar-refractivity contribution in [3.05, 3.63) is 29.8 Å². The van der Waals surface area contributed by atoms with Gasteiger partial charge in [0.05, 0.1) is 0 Å². The van der Waals surface area contributed by atoms with Gasteiger partial charge in [0.1, 0.15) is 0 Å². The molecule has 7 heteroatoms. The minimum absolute atomic E-state index is 0. The van der Waals surface area contributed by atoms with Crippen LogP contribution in [0.2, 0.25) is 0 Å². The first-order valence-corrected chi connectivity index (χ1v) is 9.86. The largest absolute Gasteiger partial charge is 0.317 e. The van der Waals surface area contributed by atoms with Gasteiger partial charge in [0.15, 0.2) is 14.6 Å². The Morgan fingerprint density at radius 2 is 1.67 bits per heavy atom. The summed E-state index contributed by atoms with van der Waals surface area (Å²) in [4.78, 5) is 14.5. The van der Waals surface area contributed by atoms with E-state index in [0.29, 0.717) is 31.8 Å². The van der Waals surface area contributed by atoms with Gasteiger partial charge in [0.25, 0.3) is 0 Å². The van der Waals surface area contributed by atoms with Crippen LogP contribution in [0.25, 0.3) is 0 Å². The molecule has 1 aliphatic heterocycles. The van der Waals surface area contributed by atoms with E-state index in [4.69, 9.17) is 0 Å². The Morgan fingerprint density at radius 1 is 1.17 bits per heavy atom. The molecule has 1 N–H and O–H groups in total. The molecule has 24 heavy (non-hydrogen) atoms. The average Bonchev–Trinajstić information content (AvgIpc) is 2.53. The number of halogens is 1. The van der Waals surface area contributed by atoms with Crippen molar-refractivity contribution in [3.63, 3.8) is 0 Å². The summed E-state index contributed by atoms with van der Waals surface area (Å²) in [6.07, 6.45) is 1.81. The minimum atomic E-state index is -3.49. The average molecular weight is 375 g/mol. The summed E-state index contributed by atoms with van der Waals surface area (Å²) in [6, 6.07) is 7.73. The van der Waals surface area contributed by atoms with Gasteiger partial charge in [-0.25, -0.2) is 8.42 Å². The highest BCUT2D eigenvalue weighted by Crippen LogP contribution is 2.31. The number of carbonyl (C=O) groups excluding carboxylic acids is 1. The topological polar surface area (TPSA) is 66.5 Å². The van der Waals surface area contributed by atoms with E-state index in [9.17, 15) is 13.2 Å². The van der Waals surface area contributed by atoms with Crippen LogP contribution in [-0.4, -0.2) is 45.5 Å². The lowest BCUT2D eigenvalue weighted by molar-refractivity contribution is -0.121. The van der Waals surface area contributed by atoms with Crippen molar-refractivity contribution >= 4 is 33.8 Å². The second kappa shape index (κ2) is 7.85. The number of nitrogens with zero attached hydrogens (tertiary/aromatic N) is 1. The third-order valence-corrected chi connectivity index (χ3v) is 6.76. The van der Waals surface area contributed by atoms with Crippen LogP contribution in [0.4, 0.5) is 5.69 Å². The van der Waals surface area contributed by atoms with E-state index in [1.54, 1.807) is 7.05 Å². The van der Waals surface area contributed by atoms with Crippen LogP contribution < -0.4 is 10.2 Å². The maximum atomic E-state index is 13.0. The summed E-state index contributed by atoms with van der Waals surface area (Å²) in [7, 11) is -1.84. The number of carbonyl (C=O) groups is 1. The number of sulfone groups is 1. The van der Waals surface area contributed by atoms with Crippen molar-refractivity contribution < 1.29 is 13.2 Å². The van der Waals surface area contributed by atoms with Crippen LogP contribution in [0.3, 0.4) is 0 Å². The molecule has 1 saturated heterocycles. The summed E-state index contributed by atoms with van der Waals surface area (Å²) in [5.41, 5.74) is 1.91. The van der Waals surface area contributed by atoms with Gasteiger partial charge < -0.3 is 10.2 Å². The summed E-state index contributed by atoms with van der Waals surface area (Å²) >= 11 is 0. The van der Waals surface area contributed by atoms with Crippen LogP contribution in [0, 0.1) is 0 Å². The van der Waals surface area contributed by atoms with Gasteiger partial charge in [-0.05, 0) is 49.5 Å². The molecule has 0 atom stereocenters. The molecule has 1 aliphatic rings. The van der Waals surface area contributed by atoms with Gasteiger partial charge in [-0.3, -0.25) is 4.79 Å². The van der Waals surface area contributed by atoms with Gasteiger partial charge in [-0.1, -0.05) is 26.0 Å². The number of hydrogen-bond acceptors (Lipinski definition) is 4. The number of nitrogens with one attached hydrogen (secondary N) is 1. The first-order chi connectivity index (χ1) is 10.7. The number of hydrogen-bond donors (Lipinski definition) is 1. The van der Waals surface area contributed by atoms with Crippen LogP contribution in [0.5, 0.6) is 0 Å². The molecule has 2 rings (SSSR count). The Bertz CT molecular complexity index is 666. The molecule has 0 aromatic heterocycles. The second-order valence-electron chi connectivity index (χ2n) is 6.63. The molecule has 0 unspecified atom stereocenters. The quantitative estimate of drug-likeness (QED) is 0.878. The highest BCUT2D eigenvalue weighted by atomic mass is 35.5. The molecule has 0 bridgehead atoms. The van der Waals surface area contributed by atoms with Crippen molar-refractivity contribution in [2.45, 2.75) is 37.4 Å². The highest BCUT2D eigenvalue weighted by Gasteiger charge is 2.50. The van der Waals surface area contributed by atoms with Crippen molar-refractivity contribution in [2.24, 2.45) is 0 Å². The first-order valence-electron chi connectivity index (χ1n) is 7.97. The van der Waals surface area contributed by atoms with Crippen LogP contribution in [0.1, 0.15) is 38.2 Å². The molecule has 1 amide bonds. The summed E-state index contributed by atoms with van der Waals surface area (Å²) in [5, 5.41) is 3.13. The van der Waals surface area contributed by atoms with Crippen molar-refractivity contribution in [1.82, 2.24) is 5.32 Å². The number of benzene rings is 1. The summed E-state index contributed by atoms with van der Waals surface area (Å²) in [5.74, 6) is 0.0793. The van der Waals surface area contributed by atoms with E-state index < -0.39 is 14.6 Å². The summed E-state index contributed by atoms with van der Waals surface area (Å²) < 4.78 is 23.4. The van der Waals surface area contributed by atoms with Crippen LogP contribution in [0.15, 0.2) is 24.3 Å². The number of amides is 1. The number of rotatable bonds is 4. The molecular weight excluding hydrogens is 348 g/mol. The van der Waals surface area contributed by atoms with Gasteiger partial charge in [-0.15, -0.1) is 12.4 Å². The van der Waals surface area contributed by atoms with E-state index >= 15 is 0 Å². The van der Waals surface area contributed by atoms with Crippen LogP contribution in [-0.2, 0) is 14.6 Å². The third kappa shape index (κ3) is 3.92. The maximum Gasteiger partial charge on any atom is 0.248 e. The van der Waals surface area contributed by atoms with Crippen molar-refractivity contribution in [3.8, 4) is 0 Å². The SMILES string of the molecule is CC(C)c1ccc(N(C)C(=O)C2(S(C)(=O)=O)CCNCC2)cc1.Cl. The minimum Gasteiger partial charge on any atom is -0.317 e. The molecule has 0 saturated carbocycles. The van der Waals surface area contributed by atoms with Gasteiger partial charge in [0, 0.05) is 19.0 Å². The summed E-state index contributed by atoms with van der Waals surface area (Å²) in [6.45, 7) is 5.30. The fraction of sp³-hybridized carbons (Fsp3) is 0.588. The Kier molecular flexibility index (Phi) is 6.84. The predicted molar refractivity (Wildman–Crippen MR) is 101 cm³/mol. The lowest BCUT2D eigenvalue weighted by Crippen LogP contribution is -2.57. The zero-order valence-corrected chi connectivity index (χ0v) is 16.3. The molecule has 136 valence electrons. The van der Waals surface area contributed by atoms with Gasteiger partial charge >= 0.3 is 0 Å². The highest BCUT2D eigenvalue weighted by molar-refractivity contribution is 7.92. The molecular formula is C17H27ClN2O3S. The zero-order chi connectivity index (χ0) is 17.3. The lowest BCUT2D eigenvalue weighted by Gasteiger charge is -2.37. The normalized spacial score (nSPS) is 17.2. The van der Waals surface area contributed by atoms with Crippen LogP contribution >= 0.6 is 12.4 Å². The van der Waals surface area contributed by atoms with E-state index in [2.05, 4.69) is 19.2 Å². The van der Waals surface area contributed by atoms with Gasteiger partial charge in [0.2, 0.25) is 5.91 Å². The van der Waals surface area contributed by atoms with Gasteiger partial charge in [-0.2, -0.15) is 0 Å². The molecule has 0 aliphatic carbocycles. The van der Waals surface area contributed by atoms with E-state index in [1.807, 2.05) is 24.3 Å². The van der Waals surface area contributed by atoms with E-state index in [-0.39, 0.29) is 18.3 Å². The third-order valence-electron chi connectivity index (χ3n) is 4.76. The maximum absolute atomic E-state index is 13.0. The zero-order valence-electron chi connectivity index (χ0n) is 14.7. The fourth-order valence-electron chi connectivity index (χ4n) is 3.08. The number of anilines is 1. The predicted octanol–water partition coefficient (Wildman–Crippen LogP) is 2.36. The smallest absolute Gasteiger partial charge is 0.248 e. The second-order valence-corrected chi connectivity index (χ2v) is 8.95. The van der Waals surface area contributed by atoms with Crippen molar-refractivity contribution in [1.29, 1.82) is 0 Å². The fourth-order valence-corrected chi connectivity index (χ4v) is 4.48. The Hall–Kier alpha value is -1.11. The Labute approximate surface area is 151 Å². The molecule has 0 radical (unpaired) electrons. The molecule has 1 fully saturated rings. The standard InChI is InChI=1S/C17H26N2O3S.ClH/c1-13(2)14-5-7-15(8-6-14)19(3)16(20)17(23(4,21)22)9-11-18-12-10-17;/h5-8,13,18H,9-12H2,1-4H3;1H. The molecule has 1 aromatic rings. The van der Waals surface area contributed by atoms with E-state index in [1.165, 1.54) is 16.7 Å². The van der Waals surface area contributed by atoms with E-state index in [0.717, 1.165) is 5.69 Å². The molecule has 1 aromatic carbocycles. The Balaban J connectivity index is 0.00000288. The molecule has 5 nitrogen and oxygen atoms in total. The molecule has 0 spiro atoms. The lowest BCUT2D eigenvalue weighted by atomic mass is 9.95. The molecule has 1 heterocycles. The van der Waals surface area contributed by atoms with Crippen molar-refractivity contribution in [2.75, 3.05) is 31.3 Å². The monoisotopic (exact) mass is 374 g/mol. The Morgan fingerprint density at radius 3 is 2.08 bits per heavy atom. The first kappa shape index (κ1) is 20.9.